The van der Waals surface area contributed by atoms with E-state index in [-0.39, 0.29) is 17.3 Å². The third-order valence-corrected chi connectivity index (χ3v) is 2.27. The van der Waals surface area contributed by atoms with Crippen molar-refractivity contribution in [2.45, 2.75) is 6.92 Å². The van der Waals surface area contributed by atoms with Gasteiger partial charge in [0.25, 0.3) is 0 Å². The zero-order valence-corrected chi connectivity index (χ0v) is 9.21. The van der Waals surface area contributed by atoms with Crippen molar-refractivity contribution in [1.82, 2.24) is 0 Å². The van der Waals surface area contributed by atoms with Gasteiger partial charge in [0.15, 0.2) is 0 Å². The fourth-order valence-electron chi connectivity index (χ4n) is 1.42. The molecule has 17 heavy (non-hydrogen) atoms. The Labute approximate surface area is 97.6 Å². The summed E-state index contributed by atoms with van der Waals surface area (Å²) in [5, 5.41) is 0. The fraction of sp³-hybridized carbons (Fsp3) is 0.0769. The minimum absolute atomic E-state index is 0.241. The Morgan fingerprint density at radius 1 is 1.00 bits per heavy atom. The van der Waals surface area contributed by atoms with Gasteiger partial charge in [-0.15, -0.1) is 0 Å². The average Bonchev–Trinajstić information content (AvgIpc) is 2.22. The van der Waals surface area contributed by atoms with Gasteiger partial charge in [0.1, 0.15) is 23.1 Å². The Bertz CT molecular complexity index is 535. The number of nitrogen functional groups attached to an aromatic ring is 1. The van der Waals surface area contributed by atoms with Crippen molar-refractivity contribution in [3.05, 3.63) is 53.6 Å². The van der Waals surface area contributed by atoms with Crippen molar-refractivity contribution < 1.29 is 13.5 Å². The molecule has 0 unspecified atom stereocenters. The first-order chi connectivity index (χ1) is 8.04. The molecule has 0 aromatic heterocycles. The zero-order chi connectivity index (χ0) is 12.4. The smallest absolute Gasteiger partial charge is 0.132 e. The molecule has 2 aromatic rings. The fourth-order valence-corrected chi connectivity index (χ4v) is 1.42. The van der Waals surface area contributed by atoms with E-state index in [1.54, 1.807) is 19.1 Å². The summed E-state index contributed by atoms with van der Waals surface area (Å²) >= 11 is 0. The highest BCUT2D eigenvalue weighted by Gasteiger charge is 2.04. The number of aryl methyl sites for hydroxylation is 1. The van der Waals surface area contributed by atoms with E-state index in [2.05, 4.69) is 0 Å². The van der Waals surface area contributed by atoms with Gasteiger partial charge in [-0.05, 0) is 24.6 Å². The third-order valence-electron chi connectivity index (χ3n) is 2.27. The zero-order valence-electron chi connectivity index (χ0n) is 9.21. The average molecular weight is 235 g/mol. The Morgan fingerprint density at radius 3 is 2.41 bits per heavy atom. The molecule has 0 fully saturated rings. The lowest BCUT2D eigenvalue weighted by atomic mass is 10.2. The second kappa shape index (κ2) is 4.41. The number of hydrogen-bond acceptors (Lipinski definition) is 2. The highest BCUT2D eigenvalue weighted by atomic mass is 19.1. The molecule has 2 N–H and O–H groups in total. The van der Waals surface area contributed by atoms with Gasteiger partial charge in [-0.25, -0.2) is 8.78 Å². The molecule has 2 rings (SSSR count). The summed E-state index contributed by atoms with van der Waals surface area (Å²) in [7, 11) is 0. The largest absolute Gasteiger partial charge is 0.457 e. The molecule has 88 valence electrons. The second-order valence-corrected chi connectivity index (χ2v) is 3.73. The van der Waals surface area contributed by atoms with Gasteiger partial charge >= 0.3 is 0 Å². The SMILES string of the molecule is Cc1ccc(Oc2cc(N)cc(F)c2)cc1F. The normalized spacial score (nSPS) is 10.3. The minimum Gasteiger partial charge on any atom is -0.457 e. The molecule has 0 radical (unpaired) electrons. The molecule has 0 atom stereocenters. The summed E-state index contributed by atoms with van der Waals surface area (Å²) < 4.78 is 31.6. The molecule has 0 bridgehead atoms. The molecule has 0 saturated heterocycles. The van der Waals surface area contributed by atoms with Crippen LogP contribution in [0.5, 0.6) is 11.5 Å². The number of rotatable bonds is 2. The van der Waals surface area contributed by atoms with Crippen LogP contribution in [0.3, 0.4) is 0 Å². The van der Waals surface area contributed by atoms with Crippen molar-refractivity contribution in [3.8, 4) is 11.5 Å². The van der Waals surface area contributed by atoms with Crippen molar-refractivity contribution in [1.29, 1.82) is 0 Å². The number of anilines is 1. The number of benzene rings is 2. The molecule has 2 nitrogen and oxygen atoms in total. The van der Waals surface area contributed by atoms with Crippen molar-refractivity contribution in [3.63, 3.8) is 0 Å². The van der Waals surface area contributed by atoms with Crippen LogP contribution in [0.4, 0.5) is 14.5 Å². The highest BCUT2D eigenvalue weighted by Crippen LogP contribution is 2.25. The summed E-state index contributed by atoms with van der Waals surface area (Å²) in [6, 6.07) is 8.29. The Balaban J connectivity index is 2.28. The molecular weight excluding hydrogens is 224 g/mol. The number of halogens is 2. The molecule has 0 aliphatic carbocycles. The van der Waals surface area contributed by atoms with E-state index in [0.717, 1.165) is 0 Å². The van der Waals surface area contributed by atoms with Gasteiger partial charge in [-0.1, -0.05) is 6.07 Å². The van der Waals surface area contributed by atoms with E-state index in [1.165, 1.54) is 24.3 Å². The van der Waals surface area contributed by atoms with E-state index in [0.29, 0.717) is 11.3 Å². The van der Waals surface area contributed by atoms with Crippen LogP contribution in [0.1, 0.15) is 5.56 Å². The van der Waals surface area contributed by atoms with Gasteiger partial charge in [0.05, 0.1) is 0 Å². The van der Waals surface area contributed by atoms with Crippen LogP contribution in [-0.2, 0) is 0 Å². The Morgan fingerprint density at radius 2 is 1.76 bits per heavy atom. The molecule has 4 heteroatoms. The maximum atomic E-state index is 13.3. The maximum Gasteiger partial charge on any atom is 0.132 e. The number of hydrogen-bond donors (Lipinski definition) is 1. The van der Waals surface area contributed by atoms with Crippen LogP contribution in [-0.4, -0.2) is 0 Å². The molecule has 0 amide bonds. The monoisotopic (exact) mass is 235 g/mol. The number of ether oxygens (including phenoxy) is 1. The molecule has 0 spiro atoms. The lowest BCUT2D eigenvalue weighted by molar-refractivity contribution is 0.471. The van der Waals surface area contributed by atoms with Gasteiger partial charge in [0, 0.05) is 23.9 Å². The van der Waals surface area contributed by atoms with Crippen molar-refractivity contribution >= 4 is 5.69 Å². The van der Waals surface area contributed by atoms with Gasteiger partial charge < -0.3 is 10.5 Å². The predicted molar refractivity (Wildman–Crippen MR) is 62.0 cm³/mol. The van der Waals surface area contributed by atoms with Crippen molar-refractivity contribution in [2.24, 2.45) is 0 Å². The van der Waals surface area contributed by atoms with Crippen LogP contribution in [0.2, 0.25) is 0 Å². The molecule has 0 aliphatic rings. The third kappa shape index (κ3) is 2.72. The number of nitrogens with two attached hydrogens (primary N) is 1. The van der Waals surface area contributed by atoms with E-state index in [1.807, 2.05) is 0 Å². The Kier molecular flexibility index (Phi) is 2.95. The van der Waals surface area contributed by atoms with Crippen molar-refractivity contribution in [2.75, 3.05) is 5.73 Å². The summed E-state index contributed by atoms with van der Waals surface area (Å²) in [6.45, 7) is 1.65. The molecule has 0 heterocycles. The van der Waals surface area contributed by atoms with Crippen LogP contribution >= 0.6 is 0 Å². The first kappa shape index (κ1) is 11.4. The van der Waals surface area contributed by atoms with Gasteiger partial charge in [0.2, 0.25) is 0 Å². The summed E-state index contributed by atoms with van der Waals surface area (Å²) in [6.07, 6.45) is 0. The van der Waals surface area contributed by atoms with Crippen LogP contribution in [0.15, 0.2) is 36.4 Å². The summed E-state index contributed by atoms with van der Waals surface area (Å²) in [4.78, 5) is 0. The minimum atomic E-state index is -0.493. The standard InChI is InChI=1S/C13H11F2NO/c1-8-2-3-11(7-13(8)15)17-12-5-9(14)4-10(16)6-12/h2-7H,16H2,1H3. The molecule has 0 saturated carbocycles. The summed E-state index contributed by atoms with van der Waals surface area (Å²) in [5.41, 5.74) is 6.25. The van der Waals surface area contributed by atoms with E-state index < -0.39 is 5.82 Å². The highest BCUT2D eigenvalue weighted by molar-refractivity contribution is 5.46. The van der Waals surface area contributed by atoms with Crippen LogP contribution in [0, 0.1) is 18.6 Å². The first-order valence-corrected chi connectivity index (χ1v) is 5.04. The maximum absolute atomic E-state index is 13.3. The van der Waals surface area contributed by atoms with Gasteiger partial charge in [-0.3, -0.25) is 0 Å². The lowest BCUT2D eigenvalue weighted by Crippen LogP contribution is -1.91. The second-order valence-electron chi connectivity index (χ2n) is 3.73. The molecule has 2 aromatic carbocycles. The lowest BCUT2D eigenvalue weighted by Gasteiger charge is -2.07. The van der Waals surface area contributed by atoms with E-state index >= 15 is 0 Å². The molecular formula is C13H11F2NO. The molecule has 0 aliphatic heterocycles. The predicted octanol–water partition coefficient (Wildman–Crippen LogP) is 3.65. The quantitative estimate of drug-likeness (QED) is 0.806. The Hall–Kier alpha value is -2.10. The van der Waals surface area contributed by atoms with Gasteiger partial charge in [-0.2, -0.15) is 0 Å². The summed E-state index contributed by atoms with van der Waals surface area (Å²) in [5.74, 6) is -0.316. The van der Waals surface area contributed by atoms with Crippen LogP contribution in [0.25, 0.3) is 0 Å². The first-order valence-electron chi connectivity index (χ1n) is 5.04. The van der Waals surface area contributed by atoms with E-state index in [9.17, 15) is 8.78 Å². The topological polar surface area (TPSA) is 35.2 Å². The van der Waals surface area contributed by atoms with E-state index in [4.69, 9.17) is 10.5 Å². The van der Waals surface area contributed by atoms with Crippen LogP contribution < -0.4 is 10.5 Å².